The third-order valence-electron chi connectivity index (χ3n) is 5.02. The highest BCUT2D eigenvalue weighted by molar-refractivity contribution is 6.16. The molecular weight excluding hydrogens is 394 g/mol. The van der Waals surface area contributed by atoms with Crippen molar-refractivity contribution in [1.29, 1.82) is 0 Å². The number of rotatable bonds is 8. The molecule has 164 valence electrons. The highest BCUT2D eigenvalue weighted by Crippen LogP contribution is 2.42. The predicted octanol–water partition coefficient (Wildman–Crippen LogP) is 5.00. The molecule has 2 aromatic rings. The molecule has 6 heteroatoms. The maximum atomic E-state index is 13.1. The quantitative estimate of drug-likeness (QED) is 0.647. The van der Waals surface area contributed by atoms with Gasteiger partial charge in [-0.25, -0.2) is 0 Å². The van der Waals surface area contributed by atoms with Crippen LogP contribution in [-0.2, 0) is 9.59 Å². The summed E-state index contributed by atoms with van der Waals surface area (Å²) in [4.78, 5) is 27.6. The van der Waals surface area contributed by atoms with Gasteiger partial charge in [-0.1, -0.05) is 26.0 Å². The summed E-state index contributed by atoms with van der Waals surface area (Å²) < 4.78 is 10.9. The Morgan fingerprint density at radius 3 is 2.10 bits per heavy atom. The molecule has 1 N–H and O–H groups in total. The van der Waals surface area contributed by atoms with E-state index in [1.807, 2.05) is 27.7 Å². The third kappa shape index (κ3) is 4.74. The van der Waals surface area contributed by atoms with E-state index in [1.165, 1.54) is 4.90 Å². The van der Waals surface area contributed by atoms with Crippen molar-refractivity contribution < 1.29 is 24.2 Å². The van der Waals surface area contributed by atoms with Crippen LogP contribution in [0.3, 0.4) is 0 Å². The maximum absolute atomic E-state index is 13.1. The summed E-state index contributed by atoms with van der Waals surface area (Å²) >= 11 is 0. The molecule has 1 aliphatic rings. The van der Waals surface area contributed by atoms with Crippen molar-refractivity contribution in [3.05, 3.63) is 65.4 Å². The van der Waals surface area contributed by atoms with Crippen molar-refractivity contribution in [2.24, 2.45) is 5.92 Å². The number of benzene rings is 2. The Balaban J connectivity index is 2.06. The first-order chi connectivity index (χ1) is 14.7. The van der Waals surface area contributed by atoms with Crippen LogP contribution >= 0.6 is 0 Å². The Kier molecular flexibility index (Phi) is 6.68. The van der Waals surface area contributed by atoms with Gasteiger partial charge in [0.15, 0.2) is 11.5 Å². The van der Waals surface area contributed by atoms with Gasteiger partial charge in [-0.15, -0.1) is 0 Å². The Labute approximate surface area is 183 Å². The topological polar surface area (TPSA) is 76.1 Å². The van der Waals surface area contributed by atoms with E-state index in [9.17, 15) is 14.7 Å². The lowest BCUT2D eigenvalue weighted by molar-refractivity contribution is -0.118. The Bertz CT molecular complexity index is 974. The lowest BCUT2D eigenvalue weighted by Crippen LogP contribution is -2.31. The van der Waals surface area contributed by atoms with Crippen LogP contribution in [-0.4, -0.2) is 30.0 Å². The monoisotopic (exact) mass is 423 g/mol. The van der Waals surface area contributed by atoms with E-state index in [0.29, 0.717) is 22.7 Å². The van der Waals surface area contributed by atoms with Crippen LogP contribution < -0.4 is 14.4 Å². The van der Waals surface area contributed by atoms with Crippen molar-refractivity contribution in [3.63, 3.8) is 0 Å². The molecule has 0 bridgehead atoms. The van der Waals surface area contributed by atoms with Crippen molar-refractivity contribution in [2.75, 3.05) is 12.0 Å². The van der Waals surface area contributed by atoms with E-state index < -0.39 is 17.7 Å². The van der Waals surface area contributed by atoms with E-state index in [2.05, 4.69) is 0 Å². The minimum absolute atomic E-state index is 0.0253. The molecule has 3 rings (SSSR count). The van der Waals surface area contributed by atoms with Gasteiger partial charge in [-0.3, -0.25) is 14.5 Å². The first-order valence-corrected chi connectivity index (χ1v) is 10.4. The van der Waals surface area contributed by atoms with Gasteiger partial charge in [0.2, 0.25) is 0 Å². The Hall–Kier alpha value is -3.28. The maximum Gasteiger partial charge on any atom is 0.294 e. The predicted molar refractivity (Wildman–Crippen MR) is 120 cm³/mol. The summed E-state index contributed by atoms with van der Waals surface area (Å²) in [5.74, 6) is 0.127. The van der Waals surface area contributed by atoms with Crippen LogP contribution in [0.15, 0.2) is 59.9 Å². The minimum atomic E-state index is -0.721. The molecule has 2 aromatic carbocycles. The number of hydrogen-bond acceptors (Lipinski definition) is 5. The Morgan fingerprint density at radius 2 is 1.58 bits per heavy atom. The molecule has 0 spiro atoms. The second-order valence-corrected chi connectivity index (χ2v) is 8.29. The van der Waals surface area contributed by atoms with Crippen LogP contribution in [0, 0.1) is 5.92 Å². The first-order valence-electron chi connectivity index (χ1n) is 10.4. The van der Waals surface area contributed by atoms with Crippen LogP contribution in [0.25, 0.3) is 0 Å². The number of ketones is 1. The van der Waals surface area contributed by atoms with Crippen molar-refractivity contribution in [2.45, 2.75) is 46.3 Å². The Morgan fingerprint density at radius 1 is 1.00 bits per heavy atom. The zero-order valence-electron chi connectivity index (χ0n) is 18.6. The number of anilines is 1. The number of methoxy groups -OCH3 is 1. The SMILES string of the molecule is COc1ccc(C2C(C(=O)CC(C)C)=C(O)C(=O)N2c2ccc(OC(C)C)cc2)cc1. The molecule has 1 aliphatic heterocycles. The summed E-state index contributed by atoms with van der Waals surface area (Å²) in [6.45, 7) is 7.73. The van der Waals surface area contributed by atoms with Crippen LogP contribution in [0.2, 0.25) is 0 Å². The van der Waals surface area contributed by atoms with Gasteiger partial charge in [0, 0.05) is 12.1 Å². The molecule has 1 heterocycles. The number of hydrogen-bond donors (Lipinski definition) is 1. The molecule has 0 fully saturated rings. The second kappa shape index (κ2) is 9.25. The minimum Gasteiger partial charge on any atom is -0.503 e. The summed E-state index contributed by atoms with van der Waals surface area (Å²) in [5.41, 5.74) is 1.42. The van der Waals surface area contributed by atoms with Crippen molar-refractivity contribution >= 4 is 17.4 Å². The summed E-state index contributed by atoms with van der Waals surface area (Å²) in [7, 11) is 1.57. The fourth-order valence-corrected chi connectivity index (χ4v) is 3.70. The molecule has 0 radical (unpaired) electrons. The number of ether oxygens (including phenoxy) is 2. The molecule has 0 saturated heterocycles. The number of nitrogens with zero attached hydrogens (tertiary/aromatic N) is 1. The fraction of sp³-hybridized carbons (Fsp3) is 0.360. The summed E-state index contributed by atoms with van der Waals surface area (Å²) in [5, 5.41) is 10.7. The lowest BCUT2D eigenvalue weighted by atomic mass is 9.92. The highest BCUT2D eigenvalue weighted by atomic mass is 16.5. The average Bonchev–Trinajstić information content (AvgIpc) is 2.99. The molecule has 0 aliphatic carbocycles. The smallest absolute Gasteiger partial charge is 0.294 e. The number of carbonyl (C=O) groups excluding carboxylic acids is 2. The van der Waals surface area contributed by atoms with Gasteiger partial charge in [-0.05, 0) is 61.7 Å². The molecule has 1 amide bonds. The van der Waals surface area contributed by atoms with Gasteiger partial charge < -0.3 is 14.6 Å². The van der Waals surface area contributed by atoms with E-state index in [0.717, 1.165) is 0 Å². The molecule has 1 atom stereocenters. The fourth-order valence-electron chi connectivity index (χ4n) is 3.70. The zero-order chi connectivity index (χ0) is 22.7. The van der Waals surface area contributed by atoms with E-state index >= 15 is 0 Å². The summed E-state index contributed by atoms with van der Waals surface area (Å²) in [6, 6.07) is 13.5. The van der Waals surface area contributed by atoms with Crippen LogP contribution in [0.1, 0.15) is 45.7 Å². The van der Waals surface area contributed by atoms with Gasteiger partial charge >= 0.3 is 0 Å². The van der Waals surface area contributed by atoms with Gasteiger partial charge in [0.25, 0.3) is 5.91 Å². The van der Waals surface area contributed by atoms with Gasteiger partial charge in [0.1, 0.15) is 11.5 Å². The summed E-state index contributed by atoms with van der Waals surface area (Å²) in [6.07, 6.45) is 0.270. The zero-order valence-corrected chi connectivity index (χ0v) is 18.6. The highest BCUT2D eigenvalue weighted by Gasteiger charge is 2.44. The van der Waals surface area contributed by atoms with Gasteiger partial charge in [-0.2, -0.15) is 0 Å². The number of Topliss-reactive ketones (excluding diaryl/α,β-unsaturated/α-hetero) is 1. The molecule has 0 aromatic heterocycles. The average molecular weight is 424 g/mol. The number of aliphatic hydroxyl groups is 1. The standard InChI is InChI=1S/C25H29NO5/c1-15(2)14-21(27)22-23(17-6-10-19(30-5)11-7-17)26(25(29)24(22)28)18-8-12-20(13-9-18)31-16(3)4/h6-13,15-16,23,28H,14H2,1-5H3. The van der Waals surface area contributed by atoms with Crippen molar-refractivity contribution in [3.8, 4) is 11.5 Å². The number of carbonyl (C=O) groups is 2. The normalized spacial score (nSPS) is 16.4. The first kappa shape index (κ1) is 22.4. The van der Waals surface area contributed by atoms with Gasteiger partial charge in [0.05, 0.1) is 24.8 Å². The molecule has 1 unspecified atom stereocenters. The third-order valence-corrected chi connectivity index (χ3v) is 5.02. The van der Waals surface area contributed by atoms with E-state index in [4.69, 9.17) is 9.47 Å². The molecule has 0 saturated carbocycles. The van der Waals surface area contributed by atoms with Crippen LogP contribution in [0.4, 0.5) is 5.69 Å². The largest absolute Gasteiger partial charge is 0.503 e. The molecule has 31 heavy (non-hydrogen) atoms. The van der Waals surface area contributed by atoms with Crippen LogP contribution in [0.5, 0.6) is 11.5 Å². The molecule has 6 nitrogen and oxygen atoms in total. The molecular formula is C25H29NO5. The number of amides is 1. The van der Waals surface area contributed by atoms with E-state index in [1.54, 1.807) is 55.6 Å². The lowest BCUT2D eigenvalue weighted by Gasteiger charge is -2.27. The van der Waals surface area contributed by atoms with Crippen molar-refractivity contribution in [1.82, 2.24) is 0 Å². The second-order valence-electron chi connectivity index (χ2n) is 8.29. The van der Waals surface area contributed by atoms with E-state index in [-0.39, 0.29) is 29.8 Å². The number of aliphatic hydroxyl groups excluding tert-OH is 1.